The number of imidazole rings is 1. The number of hydrogen-bond acceptors (Lipinski definition) is 6. The number of aromatic nitrogens is 4. The van der Waals surface area contributed by atoms with Crippen LogP contribution in [0.3, 0.4) is 0 Å². The molecule has 11 heteroatoms. The van der Waals surface area contributed by atoms with Gasteiger partial charge in [0.25, 0.3) is 5.91 Å². The van der Waals surface area contributed by atoms with Crippen molar-refractivity contribution in [1.82, 2.24) is 24.4 Å². The van der Waals surface area contributed by atoms with Gasteiger partial charge in [0.1, 0.15) is 11.5 Å². The van der Waals surface area contributed by atoms with Gasteiger partial charge in [-0.2, -0.15) is 0 Å². The zero-order chi connectivity index (χ0) is 24.5. The van der Waals surface area contributed by atoms with Crippen LogP contribution < -0.4 is 5.32 Å². The van der Waals surface area contributed by atoms with Crippen LogP contribution in [0.15, 0.2) is 36.7 Å². The van der Waals surface area contributed by atoms with Crippen LogP contribution in [0, 0.1) is 12.7 Å². The summed E-state index contributed by atoms with van der Waals surface area (Å²) < 4.78 is 49.6. The molecule has 3 aromatic rings. The van der Waals surface area contributed by atoms with Crippen LogP contribution >= 0.6 is 0 Å². The van der Waals surface area contributed by atoms with Crippen molar-refractivity contribution < 1.29 is 22.7 Å². The molecule has 1 aromatic carbocycles. The molecule has 1 N–H and O–H groups in total. The number of carbonyl (C=O) groups excluding carboxylic acids is 1. The van der Waals surface area contributed by atoms with E-state index in [2.05, 4.69) is 20.3 Å². The number of alkyl halides is 2. The van der Waals surface area contributed by atoms with Gasteiger partial charge in [-0.25, -0.2) is 28.1 Å². The molecule has 0 saturated carbocycles. The highest BCUT2D eigenvalue weighted by atomic mass is 19.2. The summed E-state index contributed by atoms with van der Waals surface area (Å²) in [5, 5.41) is 3.00. The second kappa shape index (κ2) is 9.65. The van der Waals surface area contributed by atoms with Gasteiger partial charge in [-0.3, -0.25) is 4.79 Å². The van der Waals surface area contributed by atoms with E-state index < -0.39 is 24.2 Å². The van der Waals surface area contributed by atoms with Gasteiger partial charge in [-0.15, -0.1) is 0 Å². The summed E-state index contributed by atoms with van der Waals surface area (Å²) in [4.78, 5) is 26.2. The van der Waals surface area contributed by atoms with E-state index in [1.807, 2.05) is 11.5 Å². The zero-order valence-corrected chi connectivity index (χ0v) is 19.1. The first kappa shape index (κ1) is 23.3. The lowest BCUT2D eigenvalue weighted by Crippen LogP contribution is -2.35. The normalized spacial score (nSPS) is 20.9. The number of anilines is 2. The van der Waals surface area contributed by atoms with E-state index in [0.717, 1.165) is 29.8 Å². The third kappa shape index (κ3) is 4.60. The van der Waals surface area contributed by atoms with Crippen LogP contribution in [0.25, 0.3) is 11.4 Å². The predicted octanol–water partition coefficient (Wildman–Crippen LogP) is 4.36. The second-order valence-corrected chi connectivity index (χ2v) is 8.67. The van der Waals surface area contributed by atoms with Crippen LogP contribution in [0.1, 0.15) is 41.5 Å². The maximum atomic E-state index is 14.8. The molecule has 0 spiro atoms. The third-order valence-corrected chi connectivity index (χ3v) is 6.42. The molecule has 2 saturated heterocycles. The van der Waals surface area contributed by atoms with E-state index >= 15 is 0 Å². The lowest BCUT2D eigenvalue weighted by atomic mass is 10.1. The lowest BCUT2D eigenvalue weighted by Gasteiger charge is -2.26. The highest BCUT2D eigenvalue weighted by Gasteiger charge is 2.37. The fourth-order valence-corrected chi connectivity index (χ4v) is 4.56. The summed E-state index contributed by atoms with van der Waals surface area (Å²) in [5.41, 5.74) is 1.49. The Balaban J connectivity index is 1.35. The van der Waals surface area contributed by atoms with E-state index in [9.17, 15) is 18.0 Å². The van der Waals surface area contributed by atoms with Crippen molar-refractivity contribution in [2.24, 2.45) is 0 Å². The average molecular weight is 486 g/mol. The number of likely N-dealkylation sites (tertiary alicyclic amines) is 1. The number of ether oxygens (including phenoxy) is 1. The standard InChI is InChI=1S/C24H25F3N6O2/c1-14-28-13-20(33(14)17-7-10-35-11-8-17)21-19(26)12-29-24(31-21)30-16-4-2-15(3-5-16)23(34)32-9-6-18(25)22(32)27/h2-5,12-13,17-18,22H,6-11H2,1H3,(H,29,30,31). The van der Waals surface area contributed by atoms with Crippen molar-refractivity contribution in [2.45, 2.75) is 44.7 Å². The fraction of sp³-hybridized carbons (Fsp3) is 0.417. The molecule has 8 nitrogen and oxygen atoms in total. The Hall–Kier alpha value is -3.47. The maximum Gasteiger partial charge on any atom is 0.256 e. The largest absolute Gasteiger partial charge is 0.381 e. The summed E-state index contributed by atoms with van der Waals surface area (Å²) in [6.45, 7) is 3.19. The zero-order valence-electron chi connectivity index (χ0n) is 19.1. The second-order valence-electron chi connectivity index (χ2n) is 8.67. The van der Waals surface area contributed by atoms with Gasteiger partial charge in [-0.1, -0.05) is 0 Å². The van der Waals surface area contributed by atoms with Gasteiger partial charge in [-0.05, 0) is 44.0 Å². The number of aryl methyl sites for hydroxylation is 1. The summed E-state index contributed by atoms with van der Waals surface area (Å²) in [6.07, 6.45) is 0.726. The van der Waals surface area contributed by atoms with E-state index in [1.165, 1.54) is 12.1 Å². The number of nitrogens with one attached hydrogen (secondary N) is 1. The molecule has 184 valence electrons. The molecule has 0 aliphatic carbocycles. The summed E-state index contributed by atoms with van der Waals surface area (Å²) >= 11 is 0. The fourth-order valence-electron chi connectivity index (χ4n) is 4.56. The van der Waals surface area contributed by atoms with Gasteiger partial charge in [0, 0.05) is 43.5 Å². The molecule has 4 heterocycles. The summed E-state index contributed by atoms with van der Waals surface area (Å²) in [5.74, 6) is -0.197. The Labute approximate surface area is 200 Å². The highest BCUT2D eigenvalue weighted by molar-refractivity contribution is 5.95. The quantitative estimate of drug-likeness (QED) is 0.540. The SMILES string of the molecule is Cc1ncc(-c2nc(Nc3ccc(C(=O)N4CCC(F)C4F)cc3)ncc2F)n1C1CCOCC1. The molecule has 2 aliphatic rings. The highest BCUT2D eigenvalue weighted by Crippen LogP contribution is 2.31. The van der Waals surface area contributed by atoms with Crippen molar-refractivity contribution >= 4 is 17.5 Å². The first-order valence-corrected chi connectivity index (χ1v) is 11.5. The Morgan fingerprint density at radius 3 is 2.51 bits per heavy atom. The lowest BCUT2D eigenvalue weighted by molar-refractivity contribution is 0.0462. The Kier molecular flexibility index (Phi) is 6.42. The molecule has 2 aromatic heterocycles. The molecule has 0 bridgehead atoms. The van der Waals surface area contributed by atoms with Crippen molar-refractivity contribution in [3.63, 3.8) is 0 Å². The van der Waals surface area contributed by atoms with Crippen LogP contribution in [0.2, 0.25) is 0 Å². The predicted molar refractivity (Wildman–Crippen MR) is 122 cm³/mol. The monoisotopic (exact) mass is 486 g/mol. The van der Waals surface area contributed by atoms with E-state index in [1.54, 1.807) is 18.3 Å². The van der Waals surface area contributed by atoms with Crippen LogP contribution in [0.4, 0.5) is 24.8 Å². The van der Waals surface area contributed by atoms with E-state index in [0.29, 0.717) is 24.6 Å². The smallest absolute Gasteiger partial charge is 0.256 e. The van der Waals surface area contributed by atoms with Gasteiger partial charge >= 0.3 is 0 Å². The molecular formula is C24H25F3N6O2. The molecule has 2 unspecified atom stereocenters. The minimum Gasteiger partial charge on any atom is -0.381 e. The van der Waals surface area contributed by atoms with Crippen molar-refractivity contribution in [1.29, 1.82) is 0 Å². The number of carbonyl (C=O) groups is 1. The molecular weight excluding hydrogens is 461 g/mol. The summed E-state index contributed by atoms with van der Waals surface area (Å²) in [7, 11) is 0. The number of amides is 1. The van der Waals surface area contributed by atoms with Crippen LogP contribution in [-0.4, -0.2) is 62.6 Å². The van der Waals surface area contributed by atoms with Gasteiger partial charge in [0.15, 0.2) is 12.0 Å². The van der Waals surface area contributed by atoms with Crippen molar-refractivity contribution in [2.75, 3.05) is 25.1 Å². The average Bonchev–Trinajstić information content (AvgIpc) is 3.42. The Morgan fingerprint density at radius 1 is 1.09 bits per heavy atom. The number of benzene rings is 1. The van der Waals surface area contributed by atoms with Crippen LogP contribution in [0.5, 0.6) is 0 Å². The number of nitrogens with zero attached hydrogens (tertiary/aromatic N) is 5. The maximum absolute atomic E-state index is 14.8. The van der Waals surface area contributed by atoms with Crippen molar-refractivity contribution in [3.8, 4) is 11.4 Å². The minimum atomic E-state index is -1.93. The number of halogens is 3. The molecule has 5 rings (SSSR count). The Bertz CT molecular complexity index is 1210. The van der Waals surface area contributed by atoms with Gasteiger partial charge in [0.2, 0.25) is 12.2 Å². The minimum absolute atomic E-state index is 0.0102. The Morgan fingerprint density at radius 2 is 1.83 bits per heavy atom. The first-order chi connectivity index (χ1) is 16.9. The van der Waals surface area contributed by atoms with Gasteiger partial charge < -0.3 is 19.5 Å². The van der Waals surface area contributed by atoms with Gasteiger partial charge in [0.05, 0.1) is 18.1 Å². The first-order valence-electron chi connectivity index (χ1n) is 11.5. The third-order valence-electron chi connectivity index (χ3n) is 6.42. The molecule has 35 heavy (non-hydrogen) atoms. The van der Waals surface area contributed by atoms with Crippen LogP contribution in [-0.2, 0) is 4.74 Å². The molecule has 1 amide bonds. The number of rotatable bonds is 5. The van der Waals surface area contributed by atoms with Crippen molar-refractivity contribution in [3.05, 3.63) is 53.9 Å². The summed E-state index contributed by atoms with van der Waals surface area (Å²) in [6, 6.07) is 6.37. The molecule has 2 fully saturated rings. The number of hydrogen-bond donors (Lipinski definition) is 1. The molecule has 2 atom stereocenters. The van der Waals surface area contributed by atoms with E-state index in [-0.39, 0.29) is 36.2 Å². The molecule has 2 aliphatic heterocycles. The molecule has 0 radical (unpaired) electrons. The topological polar surface area (TPSA) is 85.2 Å². The van der Waals surface area contributed by atoms with E-state index in [4.69, 9.17) is 4.74 Å².